The topological polar surface area (TPSA) is 32.3 Å². The molecule has 1 aliphatic carbocycles. The van der Waals surface area contributed by atoms with Crippen molar-refractivity contribution in [3.05, 3.63) is 34.9 Å². The normalized spacial score (nSPS) is 26.9. The van der Waals surface area contributed by atoms with Crippen molar-refractivity contribution in [2.75, 3.05) is 7.05 Å². The van der Waals surface area contributed by atoms with Crippen LogP contribution < -0.4 is 5.32 Å². The molecule has 3 unspecified atom stereocenters. The molecular weight excluding hydrogens is 319 g/mol. The minimum atomic E-state index is 0. The summed E-state index contributed by atoms with van der Waals surface area (Å²) in [6.07, 6.45) is 6.15. The van der Waals surface area contributed by atoms with E-state index in [-0.39, 0.29) is 24.4 Å². The van der Waals surface area contributed by atoms with Gasteiger partial charge in [0.15, 0.2) is 0 Å². The van der Waals surface area contributed by atoms with Gasteiger partial charge >= 0.3 is 0 Å². The number of carbonyl (C=O) groups excluding carboxylic acids is 1. The van der Waals surface area contributed by atoms with Crippen LogP contribution in [0.2, 0.25) is 5.02 Å². The Hall–Kier alpha value is -0.770. The lowest BCUT2D eigenvalue weighted by molar-refractivity contribution is -0.132. The van der Waals surface area contributed by atoms with Gasteiger partial charge in [0.1, 0.15) is 0 Å². The van der Waals surface area contributed by atoms with Gasteiger partial charge in [-0.3, -0.25) is 4.79 Å². The Bertz CT molecular complexity index is 492. The van der Waals surface area contributed by atoms with E-state index in [1.807, 2.05) is 36.2 Å². The highest BCUT2D eigenvalue weighted by molar-refractivity contribution is 6.30. The maximum absolute atomic E-state index is 12.6. The molecular formula is C17H24Cl2N2O. The minimum Gasteiger partial charge on any atom is -0.340 e. The summed E-state index contributed by atoms with van der Waals surface area (Å²) >= 11 is 5.89. The fourth-order valence-electron chi connectivity index (χ4n) is 3.72. The molecule has 3 atom stereocenters. The Labute approximate surface area is 143 Å². The number of benzene rings is 1. The van der Waals surface area contributed by atoms with Gasteiger partial charge in [0.2, 0.25) is 5.91 Å². The molecule has 22 heavy (non-hydrogen) atoms. The molecule has 2 fully saturated rings. The van der Waals surface area contributed by atoms with Crippen LogP contribution in [0.25, 0.3) is 0 Å². The highest BCUT2D eigenvalue weighted by atomic mass is 35.5. The zero-order valence-corrected chi connectivity index (χ0v) is 14.5. The van der Waals surface area contributed by atoms with E-state index in [9.17, 15) is 4.79 Å². The fraction of sp³-hybridized carbons (Fsp3) is 0.588. The third kappa shape index (κ3) is 3.95. The average molecular weight is 343 g/mol. The van der Waals surface area contributed by atoms with E-state index in [4.69, 9.17) is 11.6 Å². The molecule has 0 bridgehead atoms. The molecule has 0 spiro atoms. The standard InChI is InChI=1S/C17H23ClN2O.ClH/c1-20(11-12-6-8-14(18)9-7-12)17(21)16-10-13-4-2-3-5-15(13)19-16;/h6-9,13,15-16,19H,2-5,10-11H2,1H3;1H. The van der Waals surface area contributed by atoms with E-state index in [0.29, 0.717) is 18.5 Å². The van der Waals surface area contributed by atoms with Crippen LogP contribution in [0, 0.1) is 5.92 Å². The Morgan fingerprint density at radius 3 is 2.64 bits per heavy atom. The Morgan fingerprint density at radius 1 is 1.27 bits per heavy atom. The van der Waals surface area contributed by atoms with Gasteiger partial charge in [0.05, 0.1) is 6.04 Å². The Balaban J connectivity index is 0.00000176. The lowest BCUT2D eigenvalue weighted by atomic mass is 9.85. The molecule has 1 heterocycles. The van der Waals surface area contributed by atoms with Crippen LogP contribution in [-0.4, -0.2) is 29.9 Å². The molecule has 1 saturated carbocycles. The lowest BCUT2D eigenvalue weighted by Crippen LogP contribution is -2.43. The van der Waals surface area contributed by atoms with E-state index in [1.54, 1.807) is 0 Å². The van der Waals surface area contributed by atoms with Crippen LogP contribution in [0.4, 0.5) is 0 Å². The maximum Gasteiger partial charge on any atom is 0.239 e. The summed E-state index contributed by atoms with van der Waals surface area (Å²) in [6, 6.07) is 8.28. The van der Waals surface area contributed by atoms with E-state index >= 15 is 0 Å². The van der Waals surface area contributed by atoms with Crippen molar-refractivity contribution >= 4 is 29.9 Å². The first-order valence-electron chi connectivity index (χ1n) is 7.89. The molecule has 0 aromatic heterocycles. The monoisotopic (exact) mass is 342 g/mol. The van der Waals surface area contributed by atoms with Crippen molar-refractivity contribution in [2.24, 2.45) is 5.92 Å². The van der Waals surface area contributed by atoms with Gasteiger partial charge in [0, 0.05) is 24.7 Å². The predicted molar refractivity (Wildman–Crippen MR) is 92.5 cm³/mol. The van der Waals surface area contributed by atoms with Crippen molar-refractivity contribution in [3.8, 4) is 0 Å². The lowest BCUT2D eigenvalue weighted by Gasteiger charge is -2.24. The SMILES string of the molecule is CN(Cc1ccc(Cl)cc1)C(=O)C1CC2CCCCC2N1.Cl. The number of nitrogens with zero attached hydrogens (tertiary/aromatic N) is 1. The van der Waals surface area contributed by atoms with Gasteiger partial charge in [-0.05, 0) is 42.9 Å². The number of carbonyl (C=O) groups is 1. The number of rotatable bonds is 3. The largest absolute Gasteiger partial charge is 0.340 e. The summed E-state index contributed by atoms with van der Waals surface area (Å²) in [5, 5.41) is 4.29. The number of likely N-dealkylation sites (N-methyl/N-ethyl adjacent to an activating group) is 1. The van der Waals surface area contributed by atoms with E-state index in [1.165, 1.54) is 25.7 Å². The summed E-state index contributed by atoms with van der Waals surface area (Å²) < 4.78 is 0. The van der Waals surface area contributed by atoms with Gasteiger partial charge in [-0.2, -0.15) is 0 Å². The van der Waals surface area contributed by atoms with Crippen molar-refractivity contribution in [3.63, 3.8) is 0 Å². The third-order valence-electron chi connectivity index (χ3n) is 4.87. The van der Waals surface area contributed by atoms with Crippen LogP contribution in [0.1, 0.15) is 37.7 Å². The second-order valence-electron chi connectivity index (χ2n) is 6.43. The molecule has 1 aromatic rings. The van der Waals surface area contributed by atoms with Gasteiger partial charge in [-0.1, -0.05) is 36.6 Å². The fourth-order valence-corrected chi connectivity index (χ4v) is 3.84. The number of nitrogens with one attached hydrogen (secondary N) is 1. The molecule has 3 rings (SSSR count). The summed E-state index contributed by atoms with van der Waals surface area (Å²) in [5.41, 5.74) is 1.12. The van der Waals surface area contributed by atoms with Gasteiger partial charge in [-0.25, -0.2) is 0 Å². The summed E-state index contributed by atoms with van der Waals surface area (Å²) in [4.78, 5) is 14.4. The number of fused-ring (bicyclic) bond motifs is 1. The van der Waals surface area contributed by atoms with Crippen LogP contribution in [0.15, 0.2) is 24.3 Å². The van der Waals surface area contributed by atoms with Gasteiger partial charge in [-0.15, -0.1) is 12.4 Å². The zero-order chi connectivity index (χ0) is 14.8. The molecule has 0 radical (unpaired) electrons. The maximum atomic E-state index is 12.6. The van der Waals surface area contributed by atoms with Crippen molar-refractivity contribution in [1.82, 2.24) is 10.2 Å². The minimum absolute atomic E-state index is 0. The summed E-state index contributed by atoms with van der Waals surface area (Å²) in [6.45, 7) is 0.642. The van der Waals surface area contributed by atoms with Crippen molar-refractivity contribution < 1.29 is 4.79 Å². The first kappa shape index (κ1) is 17.6. The predicted octanol–water partition coefficient (Wildman–Crippen LogP) is 3.64. The molecule has 1 aromatic carbocycles. The summed E-state index contributed by atoms with van der Waals surface area (Å²) in [7, 11) is 1.89. The second kappa shape index (κ2) is 7.67. The molecule has 2 aliphatic rings. The quantitative estimate of drug-likeness (QED) is 0.909. The van der Waals surface area contributed by atoms with Gasteiger partial charge in [0.25, 0.3) is 0 Å². The Kier molecular flexibility index (Phi) is 6.13. The van der Waals surface area contributed by atoms with Crippen LogP contribution in [-0.2, 0) is 11.3 Å². The highest BCUT2D eigenvalue weighted by Crippen LogP contribution is 2.33. The summed E-state index contributed by atoms with van der Waals surface area (Å²) in [5.74, 6) is 0.927. The Morgan fingerprint density at radius 2 is 1.95 bits per heavy atom. The molecule has 122 valence electrons. The molecule has 3 nitrogen and oxygen atoms in total. The van der Waals surface area contributed by atoms with E-state index < -0.39 is 0 Å². The smallest absolute Gasteiger partial charge is 0.239 e. The molecule has 1 saturated heterocycles. The number of hydrogen-bond donors (Lipinski definition) is 1. The first-order valence-corrected chi connectivity index (χ1v) is 8.27. The first-order chi connectivity index (χ1) is 10.1. The van der Waals surface area contributed by atoms with E-state index in [2.05, 4.69) is 5.32 Å². The number of hydrogen-bond acceptors (Lipinski definition) is 2. The molecule has 1 aliphatic heterocycles. The van der Waals surface area contributed by atoms with Crippen molar-refractivity contribution in [2.45, 2.75) is 50.7 Å². The van der Waals surface area contributed by atoms with Crippen LogP contribution >= 0.6 is 24.0 Å². The zero-order valence-electron chi connectivity index (χ0n) is 12.9. The van der Waals surface area contributed by atoms with Crippen LogP contribution in [0.5, 0.6) is 0 Å². The number of halogens is 2. The molecule has 5 heteroatoms. The number of amides is 1. The van der Waals surface area contributed by atoms with Gasteiger partial charge < -0.3 is 10.2 Å². The molecule has 1 N–H and O–H groups in total. The average Bonchev–Trinajstić information content (AvgIpc) is 2.92. The third-order valence-corrected chi connectivity index (χ3v) is 5.12. The highest BCUT2D eigenvalue weighted by Gasteiger charge is 2.39. The van der Waals surface area contributed by atoms with Crippen LogP contribution in [0.3, 0.4) is 0 Å². The second-order valence-corrected chi connectivity index (χ2v) is 6.86. The molecule has 1 amide bonds. The van der Waals surface area contributed by atoms with Crippen molar-refractivity contribution in [1.29, 1.82) is 0 Å². The van der Waals surface area contributed by atoms with E-state index in [0.717, 1.165) is 17.0 Å².